The summed E-state index contributed by atoms with van der Waals surface area (Å²) in [6.07, 6.45) is 0. The van der Waals surface area contributed by atoms with E-state index in [0.717, 1.165) is 0 Å². The van der Waals surface area contributed by atoms with E-state index in [1.807, 2.05) is 0 Å². The van der Waals surface area contributed by atoms with E-state index in [4.69, 9.17) is 14.4 Å². The third-order valence-electron chi connectivity index (χ3n) is 0. The quantitative estimate of drug-likeness (QED) is 0.350. The van der Waals surface area contributed by atoms with Gasteiger partial charge in [0.1, 0.15) is 0 Å². The Balaban J connectivity index is -0.0000000800. The zero-order valence-corrected chi connectivity index (χ0v) is 9.02. The molecule has 0 fully saturated rings. The summed E-state index contributed by atoms with van der Waals surface area (Å²) in [6.45, 7) is 0. The fourth-order valence-electron chi connectivity index (χ4n) is 0. The van der Waals surface area contributed by atoms with E-state index in [-0.39, 0.29) is 59.1 Å². The van der Waals surface area contributed by atoms with Crippen LogP contribution in [-0.2, 0) is 4.57 Å². The minimum absolute atomic E-state index is 0. The van der Waals surface area contributed by atoms with Gasteiger partial charge in [0.2, 0.25) is 0 Å². The van der Waals surface area contributed by atoms with Crippen molar-refractivity contribution in [3.63, 3.8) is 0 Å². The molecule has 0 aromatic carbocycles. The molecule has 0 heterocycles. The van der Waals surface area contributed by atoms with Crippen LogP contribution in [0.5, 0.6) is 0 Å². The van der Waals surface area contributed by atoms with Crippen molar-refractivity contribution in [3.8, 4) is 0 Å². The van der Waals surface area contributed by atoms with Gasteiger partial charge in [0.05, 0.1) is 0 Å². The summed E-state index contributed by atoms with van der Waals surface area (Å²) in [7, 11) is -5.14. The first kappa shape index (κ1) is 16.0. The molecular weight excluding hydrogens is 144 g/mol. The van der Waals surface area contributed by atoms with Crippen molar-refractivity contribution >= 4 is 67.0 Å². The third kappa shape index (κ3) is 69.0. The van der Waals surface area contributed by atoms with Crippen molar-refractivity contribution in [1.29, 1.82) is 0 Å². The molecular formula is H2FNa2O3P. The molecule has 7 heavy (non-hydrogen) atoms. The monoisotopic (exact) mass is 146 g/mol. The second-order valence-corrected chi connectivity index (χ2v) is 1.42. The predicted molar refractivity (Wildman–Crippen MR) is 24.7 cm³/mol. The van der Waals surface area contributed by atoms with Gasteiger partial charge in [-0.25, -0.2) is 4.57 Å². The maximum Gasteiger partial charge on any atom is 0.507 e. The van der Waals surface area contributed by atoms with Gasteiger partial charge >= 0.3 is 7.91 Å². The summed E-state index contributed by atoms with van der Waals surface area (Å²) < 4.78 is 19.0. The van der Waals surface area contributed by atoms with Gasteiger partial charge in [0, 0.05) is 59.1 Å². The molecule has 2 N–H and O–H groups in total. The number of hydrogen-bond donors (Lipinski definition) is 2. The molecule has 0 atom stereocenters. The SMILES string of the molecule is O=P(O)(O)F.[Na].[Na]. The van der Waals surface area contributed by atoms with Crippen LogP contribution < -0.4 is 0 Å². The maximum absolute atomic E-state index is 10.4. The third-order valence-corrected chi connectivity index (χ3v) is 0. The molecule has 0 amide bonds. The summed E-state index contributed by atoms with van der Waals surface area (Å²) in [5, 5.41) is 0. The van der Waals surface area contributed by atoms with Crippen molar-refractivity contribution in [2.24, 2.45) is 0 Å². The van der Waals surface area contributed by atoms with Crippen molar-refractivity contribution in [2.45, 2.75) is 0 Å². The molecule has 0 aromatic heterocycles. The summed E-state index contributed by atoms with van der Waals surface area (Å²) in [6, 6.07) is 0. The van der Waals surface area contributed by atoms with Gasteiger partial charge in [-0.2, -0.15) is 0 Å². The molecule has 0 rings (SSSR count). The Bertz CT molecular complexity index is 59.1. The van der Waals surface area contributed by atoms with E-state index < -0.39 is 7.91 Å². The molecule has 0 aliphatic rings. The first-order chi connectivity index (χ1) is 2.00. The average molecular weight is 146 g/mol. The van der Waals surface area contributed by atoms with Crippen LogP contribution in [0.1, 0.15) is 0 Å². The van der Waals surface area contributed by atoms with E-state index in [0.29, 0.717) is 0 Å². The van der Waals surface area contributed by atoms with E-state index in [9.17, 15) is 4.20 Å². The Labute approximate surface area is 84.5 Å². The van der Waals surface area contributed by atoms with Gasteiger partial charge in [0.25, 0.3) is 0 Å². The smallest absolute Gasteiger partial charge is 0.299 e. The number of hydrogen-bond acceptors (Lipinski definition) is 1. The van der Waals surface area contributed by atoms with E-state index >= 15 is 0 Å². The fraction of sp³-hybridized carbons (Fsp3) is 0. The zero-order valence-electron chi connectivity index (χ0n) is 4.13. The molecule has 0 saturated carbocycles. The van der Waals surface area contributed by atoms with Crippen LogP contribution in [0, 0.1) is 0 Å². The van der Waals surface area contributed by atoms with Gasteiger partial charge < -0.3 is 0 Å². The predicted octanol–water partition coefficient (Wildman–Crippen LogP) is -0.713. The average Bonchev–Trinajstić information content (AvgIpc) is 0.722. The second-order valence-electron chi connectivity index (χ2n) is 0.473. The normalized spacial score (nSPS) is 8.43. The first-order valence-corrected chi connectivity index (χ1v) is 2.25. The van der Waals surface area contributed by atoms with E-state index in [1.165, 1.54) is 0 Å². The Hall–Kier alpha value is 2.08. The molecule has 0 unspecified atom stereocenters. The molecule has 0 aliphatic carbocycles. The maximum atomic E-state index is 10.4. The van der Waals surface area contributed by atoms with E-state index in [1.54, 1.807) is 0 Å². The topological polar surface area (TPSA) is 57.5 Å². The zero-order chi connectivity index (χ0) is 4.50. The van der Waals surface area contributed by atoms with Crippen LogP contribution in [0.15, 0.2) is 0 Å². The summed E-state index contributed by atoms with van der Waals surface area (Å²) in [4.78, 5) is 13.9. The van der Waals surface area contributed by atoms with Gasteiger partial charge in [-0.05, 0) is 0 Å². The number of halogens is 1. The molecule has 2 radical (unpaired) electrons. The van der Waals surface area contributed by atoms with Crippen LogP contribution in [0.2, 0.25) is 0 Å². The molecule has 0 aromatic rings. The van der Waals surface area contributed by atoms with Crippen molar-refractivity contribution in [3.05, 3.63) is 0 Å². The molecule has 34 valence electrons. The van der Waals surface area contributed by atoms with Crippen LogP contribution >= 0.6 is 7.91 Å². The first-order valence-electron chi connectivity index (χ1n) is 0.752. The van der Waals surface area contributed by atoms with Crippen molar-refractivity contribution in [1.82, 2.24) is 0 Å². The van der Waals surface area contributed by atoms with E-state index in [2.05, 4.69) is 0 Å². The molecule has 0 bridgehead atoms. The Kier molecular flexibility index (Phi) is 14.2. The Morgan fingerprint density at radius 1 is 1.29 bits per heavy atom. The molecule has 7 heteroatoms. The van der Waals surface area contributed by atoms with Gasteiger partial charge in [-0.3, -0.25) is 9.79 Å². The van der Waals surface area contributed by atoms with Crippen molar-refractivity contribution in [2.75, 3.05) is 0 Å². The molecule has 0 saturated heterocycles. The van der Waals surface area contributed by atoms with Crippen LogP contribution in [-0.4, -0.2) is 68.9 Å². The summed E-state index contributed by atoms with van der Waals surface area (Å²) in [5.74, 6) is 0. The minimum Gasteiger partial charge on any atom is -0.299 e. The molecule has 3 nitrogen and oxygen atoms in total. The fourth-order valence-corrected chi connectivity index (χ4v) is 0. The van der Waals surface area contributed by atoms with Crippen LogP contribution in [0.4, 0.5) is 4.20 Å². The number of rotatable bonds is 0. The minimum atomic E-state index is -5.14. The largest absolute Gasteiger partial charge is 0.507 e. The van der Waals surface area contributed by atoms with Crippen LogP contribution in [0.3, 0.4) is 0 Å². The van der Waals surface area contributed by atoms with Crippen LogP contribution in [0.25, 0.3) is 0 Å². The molecule has 0 aliphatic heterocycles. The Morgan fingerprint density at radius 3 is 1.29 bits per heavy atom. The molecule has 0 spiro atoms. The van der Waals surface area contributed by atoms with Gasteiger partial charge in [-0.1, -0.05) is 0 Å². The second kappa shape index (κ2) is 6.20. The van der Waals surface area contributed by atoms with Gasteiger partial charge in [0.15, 0.2) is 0 Å². The standard InChI is InChI=1S/FH2O3P.2Na/c1-5(2,3)4;;/h(H2,2,3,4);;. The summed E-state index contributed by atoms with van der Waals surface area (Å²) >= 11 is 0. The van der Waals surface area contributed by atoms with Gasteiger partial charge in [-0.15, -0.1) is 4.20 Å². The Morgan fingerprint density at radius 2 is 1.29 bits per heavy atom. The summed E-state index contributed by atoms with van der Waals surface area (Å²) in [5.41, 5.74) is 0. The van der Waals surface area contributed by atoms with Crippen molar-refractivity contribution < 1.29 is 18.5 Å².